The molecular formula is C33H29ClN2O2. The van der Waals surface area contributed by atoms with Crippen LogP contribution in [0.2, 0.25) is 5.02 Å². The Kier molecular flexibility index (Phi) is 6.89. The highest BCUT2D eigenvalue weighted by Crippen LogP contribution is 2.49. The third kappa shape index (κ3) is 5.05. The van der Waals surface area contributed by atoms with Gasteiger partial charge in [0.05, 0.1) is 18.8 Å². The van der Waals surface area contributed by atoms with Gasteiger partial charge in [-0.1, -0.05) is 66.2 Å². The monoisotopic (exact) mass is 520 g/mol. The first-order valence-corrected chi connectivity index (χ1v) is 13.3. The first kappa shape index (κ1) is 24.3. The second-order valence-corrected chi connectivity index (χ2v) is 10.2. The van der Waals surface area contributed by atoms with Crippen molar-refractivity contribution in [3.05, 3.63) is 130 Å². The van der Waals surface area contributed by atoms with Crippen LogP contribution in [0.1, 0.15) is 40.6 Å². The van der Waals surface area contributed by atoms with Gasteiger partial charge in [0, 0.05) is 22.8 Å². The number of hydrogen-bond acceptors (Lipinski definition) is 4. The standard InChI is InChI=1S/C33H29ClN2O2/c1-37-32-19-22(12-17-31(32)38-21-23-6-4-7-25(34)18-23)20-35-26-15-13-24(14-16-26)33-29-10-5-9-27(29)28-8-2-3-11-30(28)36-33/h2-9,11-20,27,29,33,36H,10,21H2,1H3/t27-,29-,33-/m0/s1. The Bertz CT molecular complexity index is 1500. The Balaban J connectivity index is 1.14. The Hall–Kier alpha value is -4.02. The molecule has 3 atom stereocenters. The number of methoxy groups -OCH3 is 1. The highest BCUT2D eigenvalue weighted by atomic mass is 35.5. The van der Waals surface area contributed by atoms with Gasteiger partial charge in [0.1, 0.15) is 6.61 Å². The zero-order valence-corrected chi connectivity index (χ0v) is 21.9. The summed E-state index contributed by atoms with van der Waals surface area (Å²) in [6.07, 6.45) is 7.64. The molecule has 2 aliphatic rings. The van der Waals surface area contributed by atoms with Crippen molar-refractivity contribution in [2.75, 3.05) is 12.4 Å². The highest BCUT2D eigenvalue weighted by Gasteiger charge is 2.37. The van der Waals surface area contributed by atoms with Gasteiger partial charge in [-0.3, -0.25) is 4.99 Å². The lowest BCUT2D eigenvalue weighted by atomic mass is 9.77. The molecule has 0 saturated heterocycles. The average Bonchev–Trinajstić information content (AvgIpc) is 3.46. The van der Waals surface area contributed by atoms with Crippen LogP contribution in [0.3, 0.4) is 0 Å². The lowest BCUT2D eigenvalue weighted by Crippen LogP contribution is -2.28. The average molecular weight is 521 g/mol. The van der Waals surface area contributed by atoms with E-state index in [9.17, 15) is 0 Å². The molecule has 0 fully saturated rings. The van der Waals surface area contributed by atoms with E-state index in [1.54, 1.807) is 7.11 Å². The van der Waals surface area contributed by atoms with E-state index in [4.69, 9.17) is 26.1 Å². The summed E-state index contributed by atoms with van der Waals surface area (Å²) < 4.78 is 11.5. The van der Waals surface area contributed by atoms with Crippen LogP contribution in [-0.2, 0) is 6.61 Å². The second-order valence-electron chi connectivity index (χ2n) is 9.74. The quantitative estimate of drug-likeness (QED) is 0.196. The van der Waals surface area contributed by atoms with E-state index in [1.165, 1.54) is 16.8 Å². The number of rotatable bonds is 7. The molecule has 1 aliphatic carbocycles. The van der Waals surface area contributed by atoms with Crippen LogP contribution >= 0.6 is 11.6 Å². The van der Waals surface area contributed by atoms with Crippen LogP contribution in [0.25, 0.3) is 0 Å². The summed E-state index contributed by atoms with van der Waals surface area (Å²) in [6.45, 7) is 0.413. The van der Waals surface area contributed by atoms with Crippen LogP contribution in [0.4, 0.5) is 11.4 Å². The summed E-state index contributed by atoms with van der Waals surface area (Å²) in [7, 11) is 1.64. The number of nitrogens with one attached hydrogen (secondary N) is 1. The molecule has 0 saturated carbocycles. The van der Waals surface area contributed by atoms with Crippen LogP contribution in [0, 0.1) is 5.92 Å². The molecule has 0 spiro atoms. The SMILES string of the molecule is COc1cc(C=Nc2ccc([C@@H]3Nc4ccccc4[C@@H]4C=CC[C@@H]43)cc2)ccc1OCc1cccc(Cl)c1. The lowest BCUT2D eigenvalue weighted by molar-refractivity contribution is 0.284. The van der Waals surface area contributed by atoms with E-state index in [1.807, 2.05) is 48.7 Å². The summed E-state index contributed by atoms with van der Waals surface area (Å²) in [5, 5.41) is 4.48. The molecule has 0 radical (unpaired) electrons. The molecule has 5 heteroatoms. The molecule has 4 aromatic carbocycles. The van der Waals surface area contributed by atoms with Gasteiger partial charge in [0.2, 0.25) is 0 Å². The molecule has 0 unspecified atom stereocenters. The number of aliphatic imine (C=N–C) groups is 1. The van der Waals surface area contributed by atoms with Crippen molar-refractivity contribution >= 4 is 29.2 Å². The molecule has 6 rings (SSSR count). The molecule has 0 bridgehead atoms. The van der Waals surface area contributed by atoms with Gasteiger partial charge in [-0.05, 0) is 83.1 Å². The largest absolute Gasteiger partial charge is 0.493 e. The maximum absolute atomic E-state index is 6.08. The Labute approximate surface area is 228 Å². The zero-order chi connectivity index (χ0) is 25.9. The smallest absolute Gasteiger partial charge is 0.161 e. The normalized spacial score (nSPS) is 19.6. The molecule has 4 aromatic rings. The van der Waals surface area contributed by atoms with E-state index in [2.05, 4.69) is 66.0 Å². The molecule has 38 heavy (non-hydrogen) atoms. The van der Waals surface area contributed by atoms with Crippen molar-refractivity contribution in [3.8, 4) is 11.5 Å². The van der Waals surface area contributed by atoms with Gasteiger partial charge in [-0.2, -0.15) is 0 Å². The third-order valence-electron chi connectivity index (χ3n) is 7.36. The number of benzene rings is 4. The summed E-state index contributed by atoms with van der Waals surface area (Å²) in [5.74, 6) is 2.35. The maximum Gasteiger partial charge on any atom is 0.161 e. The first-order chi connectivity index (χ1) is 18.7. The Morgan fingerprint density at radius 2 is 1.82 bits per heavy atom. The zero-order valence-electron chi connectivity index (χ0n) is 21.2. The minimum Gasteiger partial charge on any atom is -0.493 e. The molecule has 4 nitrogen and oxygen atoms in total. The number of ether oxygens (including phenoxy) is 2. The Morgan fingerprint density at radius 3 is 2.66 bits per heavy atom. The van der Waals surface area contributed by atoms with Gasteiger partial charge in [0.15, 0.2) is 11.5 Å². The number of para-hydroxylation sites is 1. The van der Waals surface area contributed by atoms with E-state index in [0.717, 1.165) is 23.2 Å². The number of allylic oxidation sites excluding steroid dienone is 2. The summed E-state index contributed by atoms with van der Waals surface area (Å²) in [5.41, 5.74) is 6.78. The molecule has 0 amide bonds. The third-order valence-corrected chi connectivity index (χ3v) is 7.59. The fourth-order valence-corrected chi connectivity index (χ4v) is 5.67. The van der Waals surface area contributed by atoms with Crippen molar-refractivity contribution < 1.29 is 9.47 Å². The molecule has 1 aliphatic heterocycles. The van der Waals surface area contributed by atoms with E-state index < -0.39 is 0 Å². The first-order valence-electron chi connectivity index (χ1n) is 12.9. The molecular weight excluding hydrogens is 492 g/mol. The predicted octanol–water partition coefficient (Wildman–Crippen LogP) is 8.50. The highest BCUT2D eigenvalue weighted by molar-refractivity contribution is 6.30. The number of anilines is 1. The second kappa shape index (κ2) is 10.8. The predicted molar refractivity (Wildman–Crippen MR) is 155 cm³/mol. The number of halogens is 1. The Morgan fingerprint density at radius 1 is 0.947 bits per heavy atom. The van der Waals surface area contributed by atoms with Gasteiger partial charge in [0.25, 0.3) is 0 Å². The topological polar surface area (TPSA) is 42.8 Å². The van der Waals surface area contributed by atoms with Crippen LogP contribution in [-0.4, -0.2) is 13.3 Å². The van der Waals surface area contributed by atoms with Crippen molar-refractivity contribution in [1.82, 2.24) is 0 Å². The van der Waals surface area contributed by atoms with Gasteiger partial charge < -0.3 is 14.8 Å². The number of nitrogens with zero attached hydrogens (tertiary/aromatic N) is 1. The van der Waals surface area contributed by atoms with Crippen molar-refractivity contribution in [3.63, 3.8) is 0 Å². The van der Waals surface area contributed by atoms with Crippen molar-refractivity contribution in [2.45, 2.75) is 25.0 Å². The van der Waals surface area contributed by atoms with Gasteiger partial charge in [-0.15, -0.1) is 0 Å². The van der Waals surface area contributed by atoms with Crippen LogP contribution in [0.5, 0.6) is 11.5 Å². The molecule has 0 aromatic heterocycles. The van der Waals surface area contributed by atoms with Crippen LogP contribution in [0.15, 0.2) is 108 Å². The summed E-state index contributed by atoms with van der Waals surface area (Å²) in [6, 6.07) is 31.0. The van der Waals surface area contributed by atoms with Crippen molar-refractivity contribution in [2.24, 2.45) is 10.9 Å². The molecule has 1 N–H and O–H groups in total. The lowest BCUT2D eigenvalue weighted by Gasteiger charge is -2.37. The number of fused-ring (bicyclic) bond motifs is 3. The van der Waals surface area contributed by atoms with Gasteiger partial charge >= 0.3 is 0 Å². The molecule has 1 heterocycles. The van der Waals surface area contributed by atoms with E-state index >= 15 is 0 Å². The minimum absolute atomic E-state index is 0.284. The molecule has 190 valence electrons. The maximum atomic E-state index is 6.08. The van der Waals surface area contributed by atoms with E-state index in [-0.39, 0.29) is 6.04 Å². The minimum atomic E-state index is 0.284. The fourth-order valence-electron chi connectivity index (χ4n) is 5.46. The van der Waals surface area contributed by atoms with Crippen LogP contribution < -0.4 is 14.8 Å². The number of hydrogen-bond donors (Lipinski definition) is 1. The van der Waals surface area contributed by atoms with Gasteiger partial charge in [-0.25, -0.2) is 0 Å². The summed E-state index contributed by atoms with van der Waals surface area (Å²) >= 11 is 6.08. The fraction of sp³-hybridized carbons (Fsp3) is 0.182. The van der Waals surface area contributed by atoms with Crippen molar-refractivity contribution in [1.29, 1.82) is 0 Å². The van der Waals surface area contributed by atoms with E-state index in [0.29, 0.717) is 35.0 Å². The summed E-state index contributed by atoms with van der Waals surface area (Å²) in [4.78, 5) is 4.70.